The van der Waals surface area contributed by atoms with Crippen LogP contribution in [0.1, 0.15) is 36.6 Å². The average Bonchev–Trinajstić information content (AvgIpc) is 2.70. The molecule has 0 saturated heterocycles. The van der Waals surface area contributed by atoms with Gasteiger partial charge in [0.2, 0.25) is 5.91 Å². The molecule has 2 rings (SSSR count). The second-order valence-corrected chi connectivity index (χ2v) is 7.51. The molecule has 1 fully saturated rings. The van der Waals surface area contributed by atoms with Crippen LogP contribution in [0, 0.1) is 24.2 Å². The number of carboxylic acids is 1. The molecule has 1 amide bonds. The smallest absolute Gasteiger partial charge is 0.307 e. The first-order valence-electron chi connectivity index (χ1n) is 6.73. The molecule has 0 spiro atoms. The van der Waals surface area contributed by atoms with Crippen LogP contribution < -0.4 is 0 Å². The molecule has 3 atom stereocenters. The zero-order chi connectivity index (χ0) is 15.2. The number of hydrogen-bond acceptors (Lipinski definition) is 3. The van der Waals surface area contributed by atoms with Gasteiger partial charge < -0.3 is 10.0 Å². The van der Waals surface area contributed by atoms with Gasteiger partial charge in [-0.1, -0.05) is 13.8 Å². The van der Waals surface area contributed by atoms with E-state index in [2.05, 4.69) is 0 Å². The molecule has 1 heterocycles. The number of aryl methyl sites for hydroxylation is 1. The molecule has 0 bridgehead atoms. The molecule has 20 heavy (non-hydrogen) atoms. The van der Waals surface area contributed by atoms with Crippen molar-refractivity contribution in [2.24, 2.45) is 17.3 Å². The molecule has 0 aliphatic heterocycles. The third kappa shape index (κ3) is 2.35. The molecule has 1 saturated carbocycles. The van der Waals surface area contributed by atoms with Crippen molar-refractivity contribution in [2.45, 2.75) is 33.7 Å². The van der Waals surface area contributed by atoms with Crippen molar-refractivity contribution >= 4 is 23.2 Å². The van der Waals surface area contributed by atoms with Crippen LogP contribution in [-0.4, -0.2) is 28.9 Å². The van der Waals surface area contributed by atoms with Gasteiger partial charge in [0.1, 0.15) is 0 Å². The van der Waals surface area contributed by atoms with Crippen molar-refractivity contribution in [1.29, 1.82) is 0 Å². The Morgan fingerprint density at radius 1 is 1.35 bits per heavy atom. The summed E-state index contributed by atoms with van der Waals surface area (Å²) in [6, 6.07) is 4.05. The van der Waals surface area contributed by atoms with Crippen LogP contribution in [-0.2, 0) is 9.59 Å². The van der Waals surface area contributed by atoms with Crippen molar-refractivity contribution in [3.8, 4) is 0 Å². The quantitative estimate of drug-likeness (QED) is 0.929. The summed E-state index contributed by atoms with van der Waals surface area (Å²) >= 11 is 1.67. The third-order valence-corrected chi connectivity index (χ3v) is 5.63. The summed E-state index contributed by atoms with van der Waals surface area (Å²) < 4.78 is 0. The van der Waals surface area contributed by atoms with Crippen LogP contribution in [0.25, 0.3) is 0 Å². The number of thiophene rings is 1. The molecular formula is C15H21NO3S. The van der Waals surface area contributed by atoms with Crippen LogP contribution in [0.2, 0.25) is 0 Å². The van der Waals surface area contributed by atoms with Gasteiger partial charge in [0.15, 0.2) is 0 Å². The number of carboxylic acid groups (broad SMARTS) is 1. The SMILES string of the molecule is Cc1ccc(C(C)N(C)C(=O)C2C(C(=O)O)C2(C)C)s1. The van der Waals surface area contributed by atoms with E-state index in [9.17, 15) is 14.7 Å². The van der Waals surface area contributed by atoms with Crippen LogP contribution in [0.4, 0.5) is 0 Å². The fourth-order valence-corrected chi connectivity index (χ4v) is 3.81. The minimum absolute atomic E-state index is 0.0213. The van der Waals surface area contributed by atoms with E-state index in [0.717, 1.165) is 4.88 Å². The van der Waals surface area contributed by atoms with Crippen LogP contribution >= 0.6 is 11.3 Å². The highest BCUT2D eigenvalue weighted by Crippen LogP contribution is 2.59. The normalized spacial score (nSPS) is 25.1. The zero-order valence-electron chi connectivity index (χ0n) is 12.5. The van der Waals surface area contributed by atoms with Gasteiger partial charge in [0, 0.05) is 16.8 Å². The van der Waals surface area contributed by atoms with Crippen molar-refractivity contribution < 1.29 is 14.7 Å². The second kappa shape index (κ2) is 4.88. The van der Waals surface area contributed by atoms with E-state index in [1.54, 1.807) is 23.3 Å². The number of amides is 1. The van der Waals surface area contributed by atoms with Crippen LogP contribution in [0.15, 0.2) is 12.1 Å². The minimum atomic E-state index is -0.874. The summed E-state index contributed by atoms with van der Waals surface area (Å²) in [4.78, 5) is 27.7. The number of nitrogens with zero attached hydrogens (tertiary/aromatic N) is 1. The number of aliphatic carboxylic acids is 1. The molecule has 3 unspecified atom stereocenters. The fraction of sp³-hybridized carbons (Fsp3) is 0.600. The molecular weight excluding hydrogens is 274 g/mol. The molecule has 1 aliphatic carbocycles. The van der Waals surface area contributed by atoms with Crippen LogP contribution in [0.3, 0.4) is 0 Å². The lowest BCUT2D eigenvalue weighted by Crippen LogP contribution is -2.32. The van der Waals surface area contributed by atoms with Crippen molar-refractivity contribution in [3.05, 3.63) is 21.9 Å². The topological polar surface area (TPSA) is 57.6 Å². The van der Waals surface area contributed by atoms with Crippen molar-refractivity contribution in [1.82, 2.24) is 4.90 Å². The van der Waals surface area contributed by atoms with Gasteiger partial charge in [-0.05, 0) is 31.4 Å². The summed E-state index contributed by atoms with van der Waals surface area (Å²) in [5.74, 6) is -1.91. The first-order chi connectivity index (χ1) is 9.17. The lowest BCUT2D eigenvalue weighted by molar-refractivity contribution is -0.142. The maximum atomic E-state index is 12.5. The average molecular weight is 295 g/mol. The molecule has 1 N–H and O–H groups in total. The molecule has 1 aromatic heterocycles. The van der Waals surface area contributed by atoms with E-state index < -0.39 is 23.2 Å². The first kappa shape index (κ1) is 15.0. The van der Waals surface area contributed by atoms with E-state index in [-0.39, 0.29) is 11.9 Å². The summed E-state index contributed by atoms with van der Waals surface area (Å²) in [6.07, 6.45) is 0. The van der Waals surface area contributed by atoms with Gasteiger partial charge in [-0.15, -0.1) is 11.3 Å². The maximum Gasteiger partial charge on any atom is 0.307 e. The van der Waals surface area contributed by atoms with Gasteiger partial charge in [-0.3, -0.25) is 9.59 Å². The highest BCUT2D eigenvalue weighted by molar-refractivity contribution is 7.12. The number of hydrogen-bond donors (Lipinski definition) is 1. The lowest BCUT2D eigenvalue weighted by atomic mass is 10.1. The van der Waals surface area contributed by atoms with Crippen LogP contribution in [0.5, 0.6) is 0 Å². The van der Waals surface area contributed by atoms with Gasteiger partial charge in [0.05, 0.1) is 17.9 Å². The Hall–Kier alpha value is -1.36. The van der Waals surface area contributed by atoms with Gasteiger partial charge in [0.25, 0.3) is 0 Å². The summed E-state index contributed by atoms with van der Waals surface area (Å²) in [5.41, 5.74) is -0.442. The Morgan fingerprint density at radius 3 is 2.35 bits per heavy atom. The minimum Gasteiger partial charge on any atom is -0.481 e. The molecule has 5 heteroatoms. The fourth-order valence-electron chi connectivity index (χ4n) is 2.84. The molecule has 0 aromatic carbocycles. The van der Waals surface area contributed by atoms with E-state index >= 15 is 0 Å². The van der Waals surface area contributed by atoms with Gasteiger partial charge in [-0.25, -0.2) is 0 Å². The standard InChI is InChI=1S/C15H21NO3S/c1-8-6-7-10(20-8)9(2)16(5)13(17)11-12(14(18)19)15(11,3)4/h6-7,9,11-12H,1-5H3,(H,18,19). The Bertz CT molecular complexity index is 549. The van der Waals surface area contributed by atoms with E-state index in [4.69, 9.17) is 0 Å². The Morgan fingerprint density at radius 2 is 1.95 bits per heavy atom. The van der Waals surface area contributed by atoms with Gasteiger partial charge in [-0.2, -0.15) is 0 Å². The van der Waals surface area contributed by atoms with E-state index in [1.807, 2.05) is 39.8 Å². The number of rotatable bonds is 4. The highest BCUT2D eigenvalue weighted by Gasteiger charge is 2.66. The predicted octanol–water partition coefficient (Wildman–Crippen LogP) is 2.93. The Labute approximate surface area is 123 Å². The largest absolute Gasteiger partial charge is 0.481 e. The van der Waals surface area contributed by atoms with Crippen molar-refractivity contribution in [3.63, 3.8) is 0 Å². The molecule has 1 aliphatic rings. The molecule has 110 valence electrons. The van der Waals surface area contributed by atoms with Gasteiger partial charge >= 0.3 is 5.97 Å². The number of carbonyl (C=O) groups is 2. The Balaban J connectivity index is 2.12. The molecule has 4 nitrogen and oxygen atoms in total. The van der Waals surface area contributed by atoms with E-state index in [1.165, 1.54) is 4.88 Å². The summed E-state index contributed by atoms with van der Waals surface area (Å²) in [6.45, 7) is 7.71. The lowest BCUT2D eigenvalue weighted by Gasteiger charge is -2.25. The monoisotopic (exact) mass is 295 g/mol. The zero-order valence-corrected chi connectivity index (χ0v) is 13.3. The Kier molecular flexibility index (Phi) is 3.67. The second-order valence-electron chi connectivity index (χ2n) is 6.19. The third-order valence-electron chi connectivity index (χ3n) is 4.46. The first-order valence-corrected chi connectivity index (χ1v) is 7.55. The highest BCUT2D eigenvalue weighted by atomic mass is 32.1. The summed E-state index contributed by atoms with van der Waals surface area (Å²) in [5, 5.41) is 9.18. The van der Waals surface area contributed by atoms with E-state index in [0.29, 0.717) is 0 Å². The predicted molar refractivity (Wildman–Crippen MR) is 78.6 cm³/mol. The number of carbonyl (C=O) groups excluding carboxylic acids is 1. The maximum absolute atomic E-state index is 12.5. The molecule has 0 radical (unpaired) electrons. The molecule has 1 aromatic rings. The van der Waals surface area contributed by atoms with Crippen molar-refractivity contribution in [2.75, 3.05) is 7.05 Å². The summed E-state index contributed by atoms with van der Waals surface area (Å²) in [7, 11) is 1.76.